The van der Waals surface area contributed by atoms with Crippen LogP contribution in [-0.4, -0.2) is 25.8 Å². The molecule has 0 radical (unpaired) electrons. The standard InChI is InChI=1S/C21H31FO4/c1-3-5-6-7-8-9-16-14-25-21(26-15-16)18-11-10-17(13-19(18)22)20(23)24-12-4-2/h10-11,13,16,21H,3-9,12,14-15H2,1-2H3. The molecule has 1 aromatic rings. The molecule has 1 fully saturated rings. The van der Waals surface area contributed by atoms with Crippen LogP contribution in [-0.2, 0) is 14.2 Å². The molecule has 0 aliphatic carbocycles. The number of carbonyl (C=O) groups excluding carboxylic acids is 1. The first-order chi connectivity index (χ1) is 12.7. The van der Waals surface area contributed by atoms with Crippen LogP contribution >= 0.6 is 0 Å². The van der Waals surface area contributed by atoms with Gasteiger partial charge in [0.25, 0.3) is 0 Å². The Kier molecular flexibility index (Phi) is 9.06. The minimum Gasteiger partial charge on any atom is -0.462 e. The van der Waals surface area contributed by atoms with E-state index in [1.165, 1.54) is 38.2 Å². The van der Waals surface area contributed by atoms with E-state index in [0.29, 0.717) is 31.3 Å². The van der Waals surface area contributed by atoms with Gasteiger partial charge in [-0.25, -0.2) is 9.18 Å². The smallest absolute Gasteiger partial charge is 0.338 e. The summed E-state index contributed by atoms with van der Waals surface area (Å²) in [6, 6.07) is 4.30. The maximum atomic E-state index is 14.4. The Morgan fingerprint density at radius 2 is 1.85 bits per heavy atom. The predicted molar refractivity (Wildman–Crippen MR) is 98.5 cm³/mol. The van der Waals surface area contributed by atoms with E-state index in [4.69, 9.17) is 14.2 Å². The van der Waals surface area contributed by atoms with E-state index in [0.717, 1.165) is 12.8 Å². The van der Waals surface area contributed by atoms with E-state index in [-0.39, 0.29) is 5.56 Å². The van der Waals surface area contributed by atoms with Gasteiger partial charge in [-0.1, -0.05) is 52.0 Å². The van der Waals surface area contributed by atoms with E-state index in [1.54, 1.807) is 12.1 Å². The molecular formula is C21H31FO4. The third-order valence-electron chi connectivity index (χ3n) is 4.61. The summed E-state index contributed by atoms with van der Waals surface area (Å²) in [4.78, 5) is 11.8. The maximum Gasteiger partial charge on any atom is 0.338 e. The van der Waals surface area contributed by atoms with Crippen molar-refractivity contribution >= 4 is 5.97 Å². The van der Waals surface area contributed by atoms with Crippen molar-refractivity contribution in [3.8, 4) is 0 Å². The van der Waals surface area contributed by atoms with Crippen molar-refractivity contribution in [2.45, 2.75) is 65.1 Å². The van der Waals surface area contributed by atoms with Crippen LogP contribution in [0.25, 0.3) is 0 Å². The summed E-state index contributed by atoms with van der Waals surface area (Å²) in [7, 11) is 0. The van der Waals surface area contributed by atoms with E-state index in [2.05, 4.69) is 6.92 Å². The zero-order valence-corrected chi connectivity index (χ0v) is 16.0. The lowest BCUT2D eigenvalue weighted by molar-refractivity contribution is -0.207. The average Bonchev–Trinajstić information content (AvgIpc) is 2.66. The third kappa shape index (κ3) is 6.36. The first-order valence-corrected chi connectivity index (χ1v) is 9.85. The number of hydrogen-bond acceptors (Lipinski definition) is 4. The predicted octanol–water partition coefficient (Wildman–Crippen LogP) is 5.41. The first-order valence-electron chi connectivity index (χ1n) is 9.85. The van der Waals surface area contributed by atoms with Crippen molar-refractivity contribution in [3.05, 3.63) is 35.1 Å². The van der Waals surface area contributed by atoms with Gasteiger partial charge in [0.15, 0.2) is 6.29 Å². The lowest BCUT2D eigenvalue weighted by Crippen LogP contribution is -2.27. The largest absolute Gasteiger partial charge is 0.462 e. The molecule has 0 N–H and O–H groups in total. The Balaban J connectivity index is 1.80. The van der Waals surface area contributed by atoms with Gasteiger partial charge in [0.1, 0.15) is 5.82 Å². The molecule has 4 nitrogen and oxygen atoms in total. The molecular weight excluding hydrogens is 335 g/mol. The quantitative estimate of drug-likeness (QED) is 0.410. The number of unbranched alkanes of at least 4 members (excludes halogenated alkanes) is 4. The van der Waals surface area contributed by atoms with Gasteiger partial charge >= 0.3 is 5.97 Å². The minimum atomic E-state index is -0.702. The molecule has 0 spiro atoms. The fourth-order valence-corrected chi connectivity index (χ4v) is 3.05. The lowest BCUT2D eigenvalue weighted by Gasteiger charge is -2.30. The van der Waals surface area contributed by atoms with Crippen LogP contribution in [0.2, 0.25) is 0 Å². The Bertz CT molecular complexity index is 553. The van der Waals surface area contributed by atoms with Gasteiger partial charge in [-0.05, 0) is 25.0 Å². The van der Waals surface area contributed by atoms with Gasteiger partial charge in [-0.3, -0.25) is 0 Å². The molecule has 0 saturated carbocycles. The molecule has 1 aliphatic heterocycles. The molecule has 146 valence electrons. The highest BCUT2D eigenvalue weighted by molar-refractivity contribution is 5.89. The summed E-state index contributed by atoms with van der Waals surface area (Å²) in [5, 5.41) is 0. The summed E-state index contributed by atoms with van der Waals surface area (Å²) >= 11 is 0. The zero-order chi connectivity index (χ0) is 18.8. The highest BCUT2D eigenvalue weighted by atomic mass is 19.1. The minimum absolute atomic E-state index is 0.209. The molecule has 5 heteroatoms. The van der Waals surface area contributed by atoms with Gasteiger partial charge in [0, 0.05) is 11.5 Å². The topological polar surface area (TPSA) is 44.8 Å². The van der Waals surface area contributed by atoms with Crippen LogP contribution in [0.3, 0.4) is 0 Å². The number of ether oxygens (including phenoxy) is 3. The fourth-order valence-electron chi connectivity index (χ4n) is 3.05. The summed E-state index contributed by atoms with van der Waals surface area (Å²) < 4.78 is 30.8. The second-order valence-electron chi connectivity index (χ2n) is 6.94. The highest BCUT2D eigenvalue weighted by Gasteiger charge is 2.26. The Morgan fingerprint density at radius 3 is 2.50 bits per heavy atom. The number of benzene rings is 1. The molecule has 0 unspecified atom stereocenters. The van der Waals surface area contributed by atoms with E-state index in [1.807, 2.05) is 6.92 Å². The lowest BCUT2D eigenvalue weighted by atomic mass is 10.0. The first kappa shape index (κ1) is 20.8. The van der Waals surface area contributed by atoms with Gasteiger partial charge in [-0.2, -0.15) is 0 Å². The zero-order valence-electron chi connectivity index (χ0n) is 16.0. The van der Waals surface area contributed by atoms with Gasteiger partial charge < -0.3 is 14.2 Å². The molecule has 0 bridgehead atoms. The molecule has 1 saturated heterocycles. The SMILES string of the molecule is CCCCCCCC1COC(c2ccc(C(=O)OCCC)cc2F)OC1. The molecule has 26 heavy (non-hydrogen) atoms. The summed E-state index contributed by atoms with van der Waals surface area (Å²) in [6.45, 7) is 5.61. The number of esters is 1. The van der Waals surface area contributed by atoms with Gasteiger partial charge in [0.2, 0.25) is 0 Å². The van der Waals surface area contributed by atoms with Crippen LogP contribution in [0.4, 0.5) is 4.39 Å². The number of halogens is 1. The Labute approximate surface area is 156 Å². The van der Waals surface area contributed by atoms with Crippen LogP contribution in [0.1, 0.15) is 81.0 Å². The van der Waals surface area contributed by atoms with E-state index < -0.39 is 18.1 Å². The second-order valence-corrected chi connectivity index (χ2v) is 6.94. The number of carbonyl (C=O) groups is 1. The molecule has 0 aromatic heterocycles. The molecule has 0 atom stereocenters. The van der Waals surface area contributed by atoms with Crippen molar-refractivity contribution in [2.24, 2.45) is 5.92 Å². The van der Waals surface area contributed by atoms with Crippen molar-refractivity contribution < 1.29 is 23.4 Å². The van der Waals surface area contributed by atoms with Crippen molar-refractivity contribution in [1.82, 2.24) is 0 Å². The third-order valence-corrected chi connectivity index (χ3v) is 4.61. The molecule has 1 aliphatic rings. The van der Waals surface area contributed by atoms with Crippen molar-refractivity contribution in [2.75, 3.05) is 19.8 Å². The summed E-state index contributed by atoms with van der Waals surface area (Å²) in [5.41, 5.74) is 0.541. The van der Waals surface area contributed by atoms with Gasteiger partial charge in [0.05, 0.1) is 25.4 Å². The van der Waals surface area contributed by atoms with Crippen molar-refractivity contribution in [3.63, 3.8) is 0 Å². The van der Waals surface area contributed by atoms with Crippen molar-refractivity contribution in [1.29, 1.82) is 0 Å². The number of rotatable bonds is 10. The Hall–Kier alpha value is -1.46. The molecule has 1 aromatic carbocycles. The number of hydrogen-bond donors (Lipinski definition) is 0. The van der Waals surface area contributed by atoms with Crippen LogP contribution < -0.4 is 0 Å². The normalized spacial score (nSPS) is 20.1. The Morgan fingerprint density at radius 1 is 1.12 bits per heavy atom. The van der Waals surface area contributed by atoms with Crippen LogP contribution in [0.15, 0.2) is 18.2 Å². The second kappa shape index (κ2) is 11.3. The van der Waals surface area contributed by atoms with E-state index >= 15 is 0 Å². The van der Waals surface area contributed by atoms with Gasteiger partial charge in [-0.15, -0.1) is 0 Å². The summed E-state index contributed by atoms with van der Waals surface area (Å²) in [6.07, 6.45) is 7.37. The highest BCUT2D eigenvalue weighted by Crippen LogP contribution is 2.29. The van der Waals surface area contributed by atoms with Crippen LogP contribution in [0.5, 0.6) is 0 Å². The molecule has 2 rings (SSSR count). The monoisotopic (exact) mass is 366 g/mol. The van der Waals surface area contributed by atoms with E-state index in [9.17, 15) is 9.18 Å². The fraction of sp³-hybridized carbons (Fsp3) is 0.667. The summed E-state index contributed by atoms with van der Waals surface area (Å²) in [5.74, 6) is -0.635. The average molecular weight is 366 g/mol. The molecule has 1 heterocycles. The van der Waals surface area contributed by atoms with Crippen LogP contribution in [0, 0.1) is 11.7 Å². The molecule has 0 amide bonds. The maximum absolute atomic E-state index is 14.4.